The summed E-state index contributed by atoms with van der Waals surface area (Å²) < 4.78 is 5.38. The summed E-state index contributed by atoms with van der Waals surface area (Å²) in [6.45, 7) is 4.85. The first-order valence-corrected chi connectivity index (χ1v) is 8.16. The molecular weight excluding hydrogens is 304 g/mol. The largest absolute Gasteiger partial charge is 0.503 e. The van der Waals surface area contributed by atoms with Crippen LogP contribution in [0.1, 0.15) is 25.8 Å². The van der Waals surface area contributed by atoms with Crippen LogP contribution in [0.3, 0.4) is 0 Å². The highest BCUT2D eigenvalue weighted by molar-refractivity contribution is 5.93. The molecule has 0 radical (unpaired) electrons. The third-order valence-electron chi connectivity index (χ3n) is 3.78. The van der Waals surface area contributed by atoms with Crippen molar-refractivity contribution in [2.45, 2.75) is 26.7 Å². The lowest BCUT2D eigenvalue weighted by atomic mass is 10.1. The van der Waals surface area contributed by atoms with Crippen molar-refractivity contribution in [1.82, 2.24) is 0 Å². The highest BCUT2D eigenvalue weighted by Gasteiger charge is 2.15. The van der Waals surface area contributed by atoms with Gasteiger partial charge in [0.15, 0.2) is 11.5 Å². The Hall–Kier alpha value is -2.69. The fourth-order valence-electron chi connectivity index (χ4n) is 2.60. The van der Waals surface area contributed by atoms with Crippen LogP contribution in [-0.2, 0) is 11.2 Å². The van der Waals surface area contributed by atoms with Crippen LogP contribution in [0.2, 0.25) is 0 Å². The lowest BCUT2D eigenvalue weighted by Gasteiger charge is -2.21. The number of ether oxygens (including phenoxy) is 1. The average molecular weight is 328 g/mol. The van der Waals surface area contributed by atoms with Crippen LogP contribution in [0.5, 0.6) is 11.5 Å². The fraction of sp³-hybridized carbons (Fsp3) is 0.316. The van der Waals surface area contributed by atoms with E-state index in [1.54, 1.807) is 17.0 Å². The minimum atomic E-state index is -0.0496. The molecule has 0 aliphatic rings. The molecule has 24 heavy (non-hydrogen) atoms. The zero-order valence-electron chi connectivity index (χ0n) is 14.2. The molecule has 0 aliphatic heterocycles. The van der Waals surface area contributed by atoms with Crippen molar-refractivity contribution < 1.29 is 14.6 Å². The van der Waals surface area contributed by atoms with Crippen LogP contribution in [0.25, 0.3) is 0 Å². The number of rotatable bonds is 7. The average Bonchev–Trinajstić information content (AvgIpc) is 2.59. The van der Waals surface area contributed by atoms with Crippen molar-refractivity contribution in [1.29, 1.82) is 0 Å². The Kier molecular flexibility index (Phi) is 6.07. The summed E-state index contributed by atoms with van der Waals surface area (Å²) in [6.07, 6.45) is 0.894. The SMILES string of the molecule is CCOc1cc(CCC(=O)N(CC)c2ccccc2)cc(N)c1O. The molecule has 128 valence electrons. The minimum Gasteiger partial charge on any atom is -0.503 e. The van der Waals surface area contributed by atoms with E-state index < -0.39 is 0 Å². The third-order valence-corrected chi connectivity index (χ3v) is 3.78. The number of nitrogens with two attached hydrogens (primary N) is 1. The number of aryl methyl sites for hydroxylation is 1. The quantitative estimate of drug-likeness (QED) is 0.603. The molecule has 0 bridgehead atoms. The summed E-state index contributed by atoms with van der Waals surface area (Å²) in [5.41, 5.74) is 7.83. The van der Waals surface area contributed by atoms with Crippen molar-refractivity contribution in [2.75, 3.05) is 23.8 Å². The summed E-state index contributed by atoms with van der Waals surface area (Å²) in [4.78, 5) is 14.3. The number of aromatic hydroxyl groups is 1. The molecule has 0 aromatic heterocycles. The predicted octanol–water partition coefficient (Wildman–Crippen LogP) is 3.36. The first-order valence-electron chi connectivity index (χ1n) is 8.16. The Balaban J connectivity index is 2.08. The summed E-state index contributed by atoms with van der Waals surface area (Å²) in [6, 6.07) is 13.0. The zero-order chi connectivity index (χ0) is 17.5. The smallest absolute Gasteiger partial charge is 0.227 e. The van der Waals surface area contributed by atoms with Gasteiger partial charge in [-0.05, 0) is 50.1 Å². The summed E-state index contributed by atoms with van der Waals surface area (Å²) in [5.74, 6) is 0.357. The molecule has 3 N–H and O–H groups in total. The number of hydrogen-bond acceptors (Lipinski definition) is 4. The van der Waals surface area contributed by atoms with Gasteiger partial charge in [0.1, 0.15) is 0 Å². The Morgan fingerprint density at radius 1 is 1.21 bits per heavy atom. The maximum Gasteiger partial charge on any atom is 0.227 e. The molecular formula is C19H24N2O3. The lowest BCUT2D eigenvalue weighted by molar-refractivity contribution is -0.118. The second-order valence-corrected chi connectivity index (χ2v) is 5.44. The van der Waals surface area contributed by atoms with E-state index in [2.05, 4.69) is 0 Å². The fourth-order valence-corrected chi connectivity index (χ4v) is 2.60. The van der Waals surface area contributed by atoms with Crippen molar-refractivity contribution in [3.8, 4) is 11.5 Å². The topological polar surface area (TPSA) is 75.8 Å². The standard InChI is InChI=1S/C19H24N2O3/c1-3-21(15-8-6-5-7-9-15)18(22)11-10-14-12-16(20)19(23)17(13-14)24-4-2/h5-9,12-13,23H,3-4,10-11,20H2,1-2H3. The molecule has 0 heterocycles. The maximum atomic E-state index is 12.5. The van der Waals surface area contributed by atoms with Gasteiger partial charge in [0, 0.05) is 18.7 Å². The summed E-state index contributed by atoms with van der Waals surface area (Å²) in [5, 5.41) is 9.88. The Morgan fingerprint density at radius 2 is 1.92 bits per heavy atom. The number of amides is 1. The Labute approximate surface area is 142 Å². The highest BCUT2D eigenvalue weighted by atomic mass is 16.5. The Morgan fingerprint density at radius 3 is 2.54 bits per heavy atom. The number of carbonyl (C=O) groups is 1. The van der Waals surface area contributed by atoms with Gasteiger partial charge in [-0.2, -0.15) is 0 Å². The van der Waals surface area contributed by atoms with Crippen LogP contribution in [0, 0.1) is 0 Å². The van der Waals surface area contributed by atoms with Crippen LogP contribution in [-0.4, -0.2) is 24.2 Å². The monoisotopic (exact) mass is 328 g/mol. The van der Waals surface area contributed by atoms with E-state index in [-0.39, 0.29) is 17.3 Å². The van der Waals surface area contributed by atoms with E-state index in [4.69, 9.17) is 10.5 Å². The van der Waals surface area contributed by atoms with Gasteiger partial charge >= 0.3 is 0 Å². The molecule has 2 aromatic carbocycles. The van der Waals surface area contributed by atoms with Gasteiger partial charge < -0.3 is 20.5 Å². The summed E-state index contributed by atoms with van der Waals surface area (Å²) in [7, 11) is 0. The Bertz CT molecular complexity index is 687. The number of benzene rings is 2. The van der Waals surface area contributed by atoms with Crippen LogP contribution in [0.4, 0.5) is 11.4 Å². The molecule has 5 heteroatoms. The van der Waals surface area contributed by atoms with Crippen LogP contribution in [0.15, 0.2) is 42.5 Å². The molecule has 2 aromatic rings. The van der Waals surface area contributed by atoms with E-state index in [0.29, 0.717) is 31.7 Å². The lowest BCUT2D eigenvalue weighted by Crippen LogP contribution is -2.30. The molecule has 0 saturated carbocycles. The van der Waals surface area contributed by atoms with E-state index >= 15 is 0 Å². The van der Waals surface area contributed by atoms with Crippen LogP contribution >= 0.6 is 0 Å². The number of anilines is 2. The van der Waals surface area contributed by atoms with Gasteiger partial charge in [-0.3, -0.25) is 4.79 Å². The number of carbonyl (C=O) groups excluding carboxylic acids is 1. The first-order chi connectivity index (χ1) is 11.6. The van der Waals surface area contributed by atoms with Gasteiger partial charge in [0.05, 0.1) is 12.3 Å². The number of phenols is 1. The normalized spacial score (nSPS) is 10.4. The molecule has 0 spiro atoms. The van der Waals surface area contributed by atoms with Crippen molar-refractivity contribution in [3.05, 3.63) is 48.0 Å². The van der Waals surface area contributed by atoms with Gasteiger partial charge in [0.2, 0.25) is 5.91 Å². The van der Waals surface area contributed by atoms with E-state index in [1.165, 1.54) is 0 Å². The maximum absolute atomic E-state index is 12.5. The predicted molar refractivity (Wildman–Crippen MR) is 96.5 cm³/mol. The first kappa shape index (κ1) is 17.7. The van der Waals surface area contributed by atoms with E-state index in [0.717, 1.165) is 11.3 Å². The molecule has 0 saturated heterocycles. The second kappa shape index (κ2) is 8.24. The van der Waals surface area contributed by atoms with E-state index in [9.17, 15) is 9.90 Å². The number of para-hydroxylation sites is 1. The molecule has 5 nitrogen and oxygen atoms in total. The number of nitrogen functional groups attached to an aromatic ring is 1. The number of nitrogens with zero attached hydrogens (tertiary/aromatic N) is 1. The molecule has 2 rings (SSSR count). The van der Waals surface area contributed by atoms with Crippen LogP contribution < -0.4 is 15.4 Å². The zero-order valence-corrected chi connectivity index (χ0v) is 14.2. The second-order valence-electron chi connectivity index (χ2n) is 5.44. The van der Waals surface area contributed by atoms with Crippen molar-refractivity contribution >= 4 is 17.3 Å². The molecule has 1 amide bonds. The molecule has 0 unspecified atom stereocenters. The van der Waals surface area contributed by atoms with Crippen molar-refractivity contribution in [2.24, 2.45) is 0 Å². The molecule has 0 aliphatic carbocycles. The minimum absolute atomic E-state index is 0.0494. The van der Waals surface area contributed by atoms with Gasteiger partial charge in [-0.25, -0.2) is 0 Å². The summed E-state index contributed by atoms with van der Waals surface area (Å²) >= 11 is 0. The van der Waals surface area contributed by atoms with Gasteiger partial charge in [-0.15, -0.1) is 0 Å². The highest BCUT2D eigenvalue weighted by Crippen LogP contribution is 2.34. The molecule has 0 fully saturated rings. The number of phenolic OH excluding ortho intramolecular Hbond substituents is 1. The van der Waals surface area contributed by atoms with Crippen molar-refractivity contribution in [3.63, 3.8) is 0 Å². The number of hydrogen-bond donors (Lipinski definition) is 2. The van der Waals surface area contributed by atoms with E-state index in [1.807, 2.05) is 44.2 Å². The third kappa shape index (κ3) is 4.19. The van der Waals surface area contributed by atoms with Gasteiger partial charge in [-0.1, -0.05) is 18.2 Å². The molecule has 0 atom stereocenters. The van der Waals surface area contributed by atoms with Gasteiger partial charge in [0.25, 0.3) is 0 Å².